The van der Waals surface area contributed by atoms with Crippen molar-refractivity contribution in [3.8, 4) is 55.9 Å². The number of benzene rings is 11. The summed E-state index contributed by atoms with van der Waals surface area (Å²) in [5.41, 5.74) is -0.510. The summed E-state index contributed by atoms with van der Waals surface area (Å²) in [6.45, 7) is 0.765. The Labute approximate surface area is 486 Å². The molecule has 0 bridgehead atoms. The number of hydrogen-bond donors (Lipinski definition) is 0. The molecule has 2 nitrogen and oxygen atoms in total. The van der Waals surface area contributed by atoms with Crippen LogP contribution in [0.3, 0.4) is 0 Å². The average Bonchev–Trinajstić information content (AvgIpc) is 1.30. The molecule has 0 unspecified atom stereocenters. The van der Waals surface area contributed by atoms with Gasteiger partial charge in [0.1, 0.15) is 0 Å². The lowest BCUT2D eigenvalue weighted by atomic mass is 9.85. The molecule has 13 rings (SSSR count). The molecule has 0 N–H and O–H groups in total. The highest BCUT2D eigenvalue weighted by molar-refractivity contribution is 6.23. The van der Waals surface area contributed by atoms with Crippen LogP contribution >= 0.6 is 0 Å². The molecule has 19 heteroatoms. The highest BCUT2D eigenvalue weighted by atomic mass is 19.4. The molecule has 442 valence electrons. The number of aromatic nitrogens is 2. The maximum atomic E-state index is 14.4. The number of rotatable bonds is 7. The maximum absolute atomic E-state index is 14.4. The van der Waals surface area contributed by atoms with Crippen LogP contribution in [0.4, 0.5) is 74.6 Å². The molecule has 0 atom stereocenters. The molecule has 2 aromatic heterocycles. The van der Waals surface area contributed by atoms with E-state index < -0.39 is 64.6 Å². The molecule has 11 aromatic carbocycles. The third kappa shape index (κ3) is 9.99. The minimum absolute atomic E-state index is 0.108. The Kier molecular flexibility index (Phi) is 13.0. The fraction of sp³-hybridized carbons (Fsp3) is 0.101. The minimum Gasteiger partial charge on any atom is -0.309 e. The van der Waals surface area contributed by atoms with Crippen LogP contribution < -0.4 is 0 Å². The Morgan fingerprint density at radius 2 is 0.455 bits per heavy atom. The molecule has 0 amide bonds. The van der Waals surface area contributed by atoms with Gasteiger partial charge in [-0.1, -0.05) is 97.1 Å². The van der Waals surface area contributed by atoms with Crippen LogP contribution in [0.5, 0.6) is 0 Å². The fourth-order valence-electron chi connectivity index (χ4n) is 11.9. The second kappa shape index (κ2) is 19.9. The largest absolute Gasteiger partial charge is 0.416 e. The van der Waals surface area contributed by atoms with E-state index in [1.807, 2.05) is 0 Å². The number of halogens is 17. The minimum atomic E-state index is -4.88. The second-order valence-electron chi connectivity index (χ2n) is 21.5. The summed E-state index contributed by atoms with van der Waals surface area (Å²) in [5, 5.41) is 1.27. The zero-order valence-electron chi connectivity index (χ0n) is 44.9. The maximum Gasteiger partial charge on any atom is 0.416 e. The summed E-state index contributed by atoms with van der Waals surface area (Å²) >= 11 is 0. The summed E-state index contributed by atoms with van der Waals surface area (Å²) in [4.78, 5) is 0. The molecule has 13 aromatic rings. The number of nitrogens with zero attached hydrogens (tertiary/aromatic N) is 2. The van der Waals surface area contributed by atoms with E-state index >= 15 is 0 Å². The van der Waals surface area contributed by atoms with E-state index in [0.29, 0.717) is 66.1 Å². The van der Waals surface area contributed by atoms with Gasteiger partial charge in [0.2, 0.25) is 0 Å². The molecular weight excluding hydrogens is 1180 g/mol. The molecular formula is C69H37F17N2. The third-order valence-electron chi connectivity index (χ3n) is 16.1. The van der Waals surface area contributed by atoms with Crippen molar-refractivity contribution in [2.75, 3.05) is 0 Å². The van der Waals surface area contributed by atoms with Gasteiger partial charge in [-0.3, -0.25) is 0 Å². The van der Waals surface area contributed by atoms with Crippen LogP contribution in [0.25, 0.3) is 121 Å². The zero-order valence-corrected chi connectivity index (χ0v) is 44.9. The summed E-state index contributed by atoms with van der Waals surface area (Å²) in [6, 6.07) is 45.0. The summed E-state index contributed by atoms with van der Waals surface area (Å²) in [5.74, 6) is -3.13. The first-order valence-corrected chi connectivity index (χ1v) is 26.8. The van der Waals surface area contributed by atoms with Crippen molar-refractivity contribution in [1.82, 2.24) is 9.13 Å². The van der Waals surface area contributed by atoms with Gasteiger partial charge in [-0.25, -0.2) is 8.78 Å². The molecule has 0 saturated heterocycles. The lowest BCUT2D eigenvalue weighted by molar-refractivity contribution is -0.138. The van der Waals surface area contributed by atoms with Crippen LogP contribution in [0.2, 0.25) is 0 Å². The van der Waals surface area contributed by atoms with Crippen LogP contribution in [-0.2, 0) is 36.8 Å². The van der Waals surface area contributed by atoms with Crippen molar-refractivity contribution in [3.63, 3.8) is 0 Å². The van der Waals surface area contributed by atoms with E-state index in [1.54, 1.807) is 84.9 Å². The topological polar surface area (TPSA) is 9.86 Å². The fourth-order valence-corrected chi connectivity index (χ4v) is 11.9. The van der Waals surface area contributed by atoms with Gasteiger partial charge in [-0.05, 0) is 175 Å². The van der Waals surface area contributed by atoms with Crippen molar-refractivity contribution >= 4 is 65.2 Å². The van der Waals surface area contributed by atoms with Crippen molar-refractivity contribution in [3.05, 3.63) is 240 Å². The molecule has 2 heterocycles. The van der Waals surface area contributed by atoms with E-state index in [2.05, 4.69) is 0 Å². The summed E-state index contributed by atoms with van der Waals surface area (Å²) < 4.78 is 245. The van der Waals surface area contributed by atoms with Gasteiger partial charge in [0.15, 0.2) is 0 Å². The van der Waals surface area contributed by atoms with E-state index in [0.717, 1.165) is 91.9 Å². The van der Waals surface area contributed by atoms with Gasteiger partial charge in [0, 0.05) is 45.4 Å². The molecule has 0 aliphatic heterocycles. The van der Waals surface area contributed by atoms with Crippen LogP contribution in [-0.4, -0.2) is 9.13 Å². The van der Waals surface area contributed by atoms with Gasteiger partial charge in [-0.15, -0.1) is 0 Å². The quantitative estimate of drug-likeness (QED) is 0.111. The Bertz CT molecular complexity index is 4480. The van der Waals surface area contributed by atoms with Crippen LogP contribution in [0.15, 0.2) is 206 Å². The molecule has 0 saturated carbocycles. The standard InChI is InChI=1S/C69H37F17N2/c1-64(70,71)42-14-10-38(11-15-42)36-2-6-40(7-3-36)62-50-24-22-49(88-60-28-20-46(68(81,82)83)32-54(60)55-33-47(69(84,85)86)21-29-61(55)88)35-57(50)63(41-8-4-37(5-9-41)39-12-16-43(17-13-39)65(72,73)74)51-25-23-48(34-56(51)62)87-58-26-18-44(66(75,76)77)30-52(58)53-31-45(67(78,79)80)19-27-59(53)87/h2-35H,1H3. The van der Waals surface area contributed by atoms with Crippen molar-refractivity contribution in [2.45, 2.75) is 43.7 Å². The SMILES string of the molecule is CC(F)(F)c1ccc(-c2ccc(-c3c4ccc(-n5c6ccc(C(F)(F)F)cc6c6cc(C(F)(F)F)ccc65)cc4c(-c4ccc(-c5ccc(C(F)(F)F)cc5)cc4)c4ccc(-n5c6ccc(C(F)(F)F)cc6c6cc(C(F)(F)F)ccc65)cc34)cc2)cc1. The highest BCUT2D eigenvalue weighted by Crippen LogP contribution is 2.49. The Morgan fingerprint density at radius 1 is 0.216 bits per heavy atom. The number of fused-ring (bicyclic) bond motifs is 8. The first-order valence-electron chi connectivity index (χ1n) is 26.8. The Balaban J connectivity index is 1.12. The molecule has 0 aliphatic carbocycles. The van der Waals surface area contributed by atoms with Crippen LogP contribution in [0.1, 0.15) is 40.3 Å². The Hall–Kier alpha value is -9.65. The van der Waals surface area contributed by atoms with Gasteiger partial charge in [0.25, 0.3) is 5.92 Å². The zero-order chi connectivity index (χ0) is 62.4. The normalized spacial score (nSPS) is 13.1. The molecule has 88 heavy (non-hydrogen) atoms. The predicted molar refractivity (Wildman–Crippen MR) is 306 cm³/mol. The van der Waals surface area contributed by atoms with Crippen molar-refractivity contribution < 1.29 is 74.6 Å². The molecule has 0 radical (unpaired) electrons. The predicted octanol–water partition coefficient (Wildman–Crippen LogP) is 23.1. The van der Waals surface area contributed by atoms with Gasteiger partial charge in [-0.2, -0.15) is 65.9 Å². The molecule has 0 aliphatic rings. The smallest absolute Gasteiger partial charge is 0.309 e. The molecule has 0 fully saturated rings. The third-order valence-corrected chi connectivity index (χ3v) is 16.1. The monoisotopic (exact) mass is 1220 g/mol. The summed E-state index contributed by atoms with van der Waals surface area (Å²) in [6.07, 6.45) is -24.1. The van der Waals surface area contributed by atoms with Crippen LogP contribution in [0, 0.1) is 0 Å². The first kappa shape index (κ1) is 57.4. The van der Waals surface area contributed by atoms with Crippen molar-refractivity contribution in [2.24, 2.45) is 0 Å². The highest BCUT2D eigenvalue weighted by Gasteiger charge is 2.36. The first-order chi connectivity index (χ1) is 41.4. The van der Waals surface area contributed by atoms with E-state index in [-0.39, 0.29) is 60.5 Å². The van der Waals surface area contributed by atoms with Crippen molar-refractivity contribution in [1.29, 1.82) is 0 Å². The van der Waals surface area contributed by atoms with Gasteiger partial charge < -0.3 is 9.13 Å². The van der Waals surface area contributed by atoms with E-state index in [9.17, 15) is 74.6 Å². The van der Waals surface area contributed by atoms with E-state index in [1.165, 1.54) is 45.5 Å². The lowest BCUT2D eigenvalue weighted by Gasteiger charge is -2.21. The number of hydrogen-bond acceptors (Lipinski definition) is 0. The number of alkyl halides is 17. The summed E-state index contributed by atoms with van der Waals surface area (Å²) in [7, 11) is 0. The van der Waals surface area contributed by atoms with Gasteiger partial charge >= 0.3 is 30.9 Å². The second-order valence-corrected chi connectivity index (χ2v) is 21.5. The lowest BCUT2D eigenvalue weighted by Crippen LogP contribution is -2.06. The Morgan fingerprint density at radius 3 is 0.716 bits per heavy atom. The van der Waals surface area contributed by atoms with Gasteiger partial charge in [0.05, 0.1) is 49.9 Å². The van der Waals surface area contributed by atoms with E-state index in [4.69, 9.17) is 0 Å². The molecule has 0 spiro atoms. The average molecular weight is 1220 g/mol.